The number of H-pyrrole nitrogens is 1. The number of rotatable bonds is 7. The smallest absolute Gasteiger partial charge is 0.202 e. The van der Waals surface area contributed by atoms with Crippen molar-refractivity contribution in [3.8, 4) is 11.5 Å². The van der Waals surface area contributed by atoms with E-state index >= 15 is 0 Å². The van der Waals surface area contributed by atoms with Crippen LogP contribution in [0, 0.1) is 12.7 Å². The van der Waals surface area contributed by atoms with E-state index in [1.165, 1.54) is 25.4 Å². The Bertz CT molecular complexity index is 952. The number of hydrogen-bond donors (Lipinski definition) is 1. The lowest BCUT2D eigenvalue weighted by Gasteiger charge is -2.14. The number of aromatic amines is 1. The minimum atomic E-state index is -0.680. The standard InChI is InChI=1S/C19H19FN2O4/c1-11-8-12-13(10-22-19(12)21-9-11)17(23)16-14(20)4-5-15(18(16)25-3)26-7-6-24-2/h4-5,8-10H,6-7H2,1-3H3,(H,21,22). The van der Waals surface area contributed by atoms with Crippen molar-refractivity contribution < 1.29 is 23.4 Å². The maximum absolute atomic E-state index is 14.5. The molecule has 3 rings (SSSR count). The molecule has 0 radical (unpaired) electrons. The molecule has 2 aromatic heterocycles. The lowest BCUT2D eigenvalue weighted by Crippen LogP contribution is -2.10. The van der Waals surface area contributed by atoms with Gasteiger partial charge in [-0.1, -0.05) is 0 Å². The SMILES string of the molecule is COCCOc1ccc(F)c(C(=O)c2c[nH]c3ncc(C)cc23)c1OC. The van der Waals surface area contributed by atoms with Gasteiger partial charge in [0.05, 0.1) is 13.7 Å². The number of carbonyl (C=O) groups excluding carboxylic acids is 1. The zero-order chi connectivity index (χ0) is 18.7. The molecule has 0 saturated heterocycles. The van der Waals surface area contributed by atoms with E-state index in [-0.39, 0.29) is 23.7 Å². The van der Waals surface area contributed by atoms with Gasteiger partial charge in [-0.2, -0.15) is 0 Å². The first-order valence-corrected chi connectivity index (χ1v) is 8.03. The number of nitrogens with zero attached hydrogens (tertiary/aromatic N) is 1. The van der Waals surface area contributed by atoms with Crippen LogP contribution in [0.1, 0.15) is 21.5 Å². The summed E-state index contributed by atoms with van der Waals surface area (Å²) in [4.78, 5) is 20.2. The average Bonchev–Trinajstić information content (AvgIpc) is 3.05. The van der Waals surface area contributed by atoms with Crippen molar-refractivity contribution in [2.75, 3.05) is 27.4 Å². The number of ether oxygens (including phenoxy) is 3. The number of fused-ring (bicyclic) bond motifs is 1. The monoisotopic (exact) mass is 358 g/mol. The number of aryl methyl sites for hydroxylation is 1. The molecule has 0 unspecified atom stereocenters. The van der Waals surface area contributed by atoms with Crippen LogP contribution >= 0.6 is 0 Å². The Morgan fingerprint density at radius 2 is 2.08 bits per heavy atom. The molecule has 0 fully saturated rings. The Balaban J connectivity index is 2.07. The predicted molar refractivity (Wildman–Crippen MR) is 94.6 cm³/mol. The van der Waals surface area contributed by atoms with E-state index in [9.17, 15) is 9.18 Å². The third-order valence-electron chi connectivity index (χ3n) is 3.96. The number of hydrogen-bond acceptors (Lipinski definition) is 5. The zero-order valence-electron chi connectivity index (χ0n) is 14.8. The Morgan fingerprint density at radius 1 is 1.27 bits per heavy atom. The minimum Gasteiger partial charge on any atom is -0.492 e. The molecular formula is C19H19FN2O4. The maximum Gasteiger partial charge on any atom is 0.202 e. The number of methoxy groups -OCH3 is 2. The second-order valence-electron chi connectivity index (χ2n) is 5.74. The van der Waals surface area contributed by atoms with Gasteiger partial charge in [0.25, 0.3) is 0 Å². The first-order valence-electron chi connectivity index (χ1n) is 8.03. The van der Waals surface area contributed by atoms with Crippen LogP contribution in [0.4, 0.5) is 4.39 Å². The van der Waals surface area contributed by atoms with Crippen molar-refractivity contribution in [2.24, 2.45) is 0 Å². The summed E-state index contributed by atoms with van der Waals surface area (Å²) in [7, 11) is 2.92. The lowest BCUT2D eigenvalue weighted by molar-refractivity contribution is 0.103. The van der Waals surface area contributed by atoms with Gasteiger partial charge in [-0.3, -0.25) is 4.79 Å². The van der Waals surface area contributed by atoms with Crippen molar-refractivity contribution in [3.63, 3.8) is 0 Å². The predicted octanol–water partition coefficient (Wildman–Crippen LogP) is 3.28. The van der Waals surface area contributed by atoms with Crippen molar-refractivity contribution in [1.29, 1.82) is 0 Å². The number of nitrogens with one attached hydrogen (secondary N) is 1. The lowest BCUT2D eigenvalue weighted by atomic mass is 10.0. The fraction of sp³-hybridized carbons (Fsp3) is 0.263. The summed E-state index contributed by atoms with van der Waals surface area (Å²) < 4.78 is 30.3. The van der Waals surface area contributed by atoms with Crippen LogP contribution in [0.2, 0.25) is 0 Å². The van der Waals surface area contributed by atoms with Gasteiger partial charge in [-0.25, -0.2) is 9.37 Å². The molecule has 0 atom stereocenters. The molecule has 0 amide bonds. The largest absolute Gasteiger partial charge is 0.492 e. The maximum atomic E-state index is 14.5. The van der Waals surface area contributed by atoms with Gasteiger partial charge in [0, 0.05) is 30.5 Å². The van der Waals surface area contributed by atoms with Gasteiger partial charge in [-0.15, -0.1) is 0 Å². The average molecular weight is 358 g/mol. The molecule has 1 N–H and O–H groups in total. The molecule has 3 aromatic rings. The molecule has 2 heterocycles. The third kappa shape index (κ3) is 3.25. The highest BCUT2D eigenvalue weighted by atomic mass is 19.1. The highest BCUT2D eigenvalue weighted by Crippen LogP contribution is 2.35. The summed E-state index contributed by atoms with van der Waals surface area (Å²) in [5.41, 5.74) is 1.60. The van der Waals surface area contributed by atoms with Crippen molar-refractivity contribution in [1.82, 2.24) is 9.97 Å². The highest BCUT2D eigenvalue weighted by molar-refractivity contribution is 6.17. The number of aromatic nitrogens is 2. The topological polar surface area (TPSA) is 73.4 Å². The number of carbonyl (C=O) groups is 1. The summed E-state index contributed by atoms with van der Waals surface area (Å²) in [5.74, 6) is -0.847. The second kappa shape index (κ2) is 7.53. The van der Waals surface area contributed by atoms with E-state index in [1.807, 2.05) is 13.0 Å². The first kappa shape index (κ1) is 17.9. The summed E-state index contributed by atoms with van der Waals surface area (Å²) in [6.45, 7) is 2.48. The summed E-state index contributed by atoms with van der Waals surface area (Å²) >= 11 is 0. The molecule has 7 heteroatoms. The number of ketones is 1. The summed E-state index contributed by atoms with van der Waals surface area (Å²) in [6, 6.07) is 4.45. The molecular weight excluding hydrogens is 339 g/mol. The Hall–Kier alpha value is -2.93. The van der Waals surface area contributed by atoms with Crippen LogP contribution in [-0.4, -0.2) is 43.2 Å². The number of halogens is 1. The normalized spacial score (nSPS) is 10.9. The number of benzene rings is 1. The molecule has 0 bridgehead atoms. The van der Waals surface area contributed by atoms with E-state index < -0.39 is 11.6 Å². The van der Waals surface area contributed by atoms with Crippen LogP contribution in [-0.2, 0) is 4.74 Å². The highest BCUT2D eigenvalue weighted by Gasteiger charge is 2.25. The molecule has 0 spiro atoms. The fourth-order valence-corrected chi connectivity index (χ4v) is 2.73. The van der Waals surface area contributed by atoms with E-state index in [1.54, 1.807) is 13.3 Å². The van der Waals surface area contributed by atoms with Gasteiger partial charge in [0.15, 0.2) is 11.5 Å². The molecule has 0 aliphatic carbocycles. The molecule has 136 valence electrons. The Morgan fingerprint density at radius 3 is 2.81 bits per heavy atom. The van der Waals surface area contributed by atoms with Crippen LogP contribution in [0.25, 0.3) is 11.0 Å². The fourth-order valence-electron chi connectivity index (χ4n) is 2.73. The second-order valence-corrected chi connectivity index (χ2v) is 5.74. The zero-order valence-corrected chi connectivity index (χ0v) is 14.8. The molecule has 0 aliphatic heterocycles. The van der Waals surface area contributed by atoms with E-state index in [4.69, 9.17) is 14.2 Å². The molecule has 26 heavy (non-hydrogen) atoms. The van der Waals surface area contributed by atoms with Gasteiger partial charge in [0.2, 0.25) is 5.78 Å². The summed E-state index contributed by atoms with van der Waals surface area (Å²) in [5, 5.41) is 0.627. The number of pyridine rings is 1. The molecule has 0 aliphatic rings. The Labute approximate surface area is 149 Å². The van der Waals surface area contributed by atoms with Crippen LogP contribution in [0.5, 0.6) is 11.5 Å². The molecule has 1 aromatic carbocycles. The third-order valence-corrected chi connectivity index (χ3v) is 3.96. The minimum absolute atomic E-state index is 0.0565. The van der Waals surface area contributed by atoms with E-state index in [0.717, 1.165) is 5.56 Å². The van der Waals surface area contributed by atoms with E-state index in [2.05, 4.69) is 9.97 Å². The Kier molecular flexibility index (Phi) is 5.18. The van der Waals surface area contributed by atoms with Gasteiger partial charge < -0.3 is 19.2 Å². The quantitative estimate of drug-likeness (QED) is 0.518. The van der Waals surface area contributed by atoms with Crippen molar-refractivity contribution in [3.05, 3.63) is 53.1 Å². The van der Waals surface area contributed by atoms with E-state index in [0.29, 0.717) is 23.2 Å². The van der Waals surface area contributed by atoms with Crippen molar-refractivity contribution in [2.45, 2.75) is 6.92 Å². The first-order chi connectivity index (χ1) is 12.6. The summed E-state index contributed by atoms with van der Waals surface area (Å²) in [6.07, 6.45) is 3.22. The van der Waals surface area contributed by atoms with Crippen LogP contribution < -0.4 is 9.47 Å². The van der Waals surface area contributed by atoms with Crippen LogP contribution in [0.3, 0.4) is 0 Å². The van der Waals surface area contributed by atoms with Gasteiger partial charge in [0.1, 0.15) is 23.6 Å². The molecule has 6 nitrogen and oxygen atoms in total. The van der Waals surface area contributed by atoms with Gasteiger partial charge >= 0.3 is 0 Å². The van der Waals surface area contributed by atoms with Crippen LogP contribution in [0.15, 0.2) is 30.6 Å². The van der Waals surface area contributed by atoms with Gasteiger partial charge in [-0.05, 0) is 30.7 Å². The van der Waals surface area contributed by atoms with Crippen molar-refractivity contribution >= 4 is 16.8 Å². The molecule has 0 saturated carbocycles.